The minimum atomic E-state index is -0.946. The van der Waals surface area contributed by atoms with E-state index in [1.54, 1.807) is 13.2 Å². The molecular weight excluding hydrogens is 480 g/mol. The van der Waals surface area contributed by atoms with Crippen molar-refractivity contribution in [3.8, 4) is 11.5 Å². The van der Waals surface area contributed by atoms with Crippen molar-refractivity contribution in [2.75, 3.05) is 20.3 Å². The summed E-state index contributed by atoms with van der Waals surface area (Å²) >= 11 is 8.94. The molecule has 4 N–H and O–H groups in total. The zero-order chi connectivity index (χ0) is 23.0. The normalized spacial score (nSPS) is 12.2. The van der Waals surface area contributed by atoms with Crippen LogP contribution in [0.15, 0.2) is 40.9 Å². The molecule has 0 saturated carbocycles. The van der Waals surface area contributed by atoms with E-state index < -0.39 is 6.10 Å². The largest absolute Gasteiger partial charge is 0.493 e. The van der Waals surface area contributed by atoms with Crippen LogP contribution in [0.1, 0.15) is 37.5 Å². The average molecular weight is 511 g/mol. The van der Waals surface area contributed by atoms with Crippen molar-refractivity contribution in [2.24, 2.45) is 0 Å². The minimum absolute atomic E-state index is 0.0262. The molecule has 0 saturated heterocycles. The first kappa shape index (κ1) is 25.4. The number of rotatable bonds is 9. The molecule has 0 amide bonds. The number of thiocarbonyl (C=S) groups is 1. The maximum absolute atomic E-state index is 9.48. The van der Waals surface area contributed by atoms with Gasteiger partial charge in [-0.05, 0) is 46.5 Å². The molecule has 0 aromatic heterocycles. The number of aliphatic hydroxyl groups is 2. The number of nitrogens with one attached hydrogen (secondary N) is 2. The number of hydrogen-bond acceptors (Lipinski definition) is 5. The SMILES string of the molecule is COc1cc(CNC(=S)NCc2ccc(C(C)(C)C)cc2)c(Br)cc1OCC(O)CO. The van der Waals surface area contributed by atoms with Crippen molar-refractivity contribution in [1.29, 1.82) is 0 Å². The van der Waals surface area contributed by atoms with Crippen LogP contribution in [-0.2, 0) is 18.5 Å². The molecule has 0 radical (unpaired) electrons. The third-order valence-electron chi connectivity index (χ3n) is 4.69. The molecule has 0 spiro atoms. The van der Waals surface area contributed by atoms with Gasteiger partial charge in [0.05, 0.1) is 13.7 Å². The summed E-state index contributed by atoms with van der Waals surface area (Å²) in [7, 11) is 1.55. The van der Waals surface area contributed by atoms with Gasteiger partial charge in [-0.1, -0.05) is 61.0 Å². The maximum Gasteiger partial charge on any atom is 0.166 e. The van der Waals surface area contributed by atoms with Crippen LogP contribution in [0.25, 0.3) is 0 Å². The number of benzene rings is 2. The van der Waals surface area contributed by atoms with E-state index in [1.165, 1.54) is 5.56 Å². The highest BCUT2D eigenvalue weighted by Gasteiger charge is 2.14. The van der Waals surface area contributed by atoms with Gasteiger partial charge in [0.2, 0.25) is 0 Å². The van der Waals surface area contributed by atoms with Gasteiger partial charge in [0.15, 0.2) is 16.6 Å². The van der Waals surface area contributed by atoms with Crippen molar-refractivity contribution in [3.05, 3.63) is 57.6 Å². The Morgan fingerprint density at radius 1 is 1.10 bits per heavy atom. The summed E-state index contributed by atoms with van der Waals surface area (Å²) in [6, 6.07) is 12.1. The van der Waals surface area contributed by atoms with Crippen molar-refractivity contribution < 1.29 is 19.7 Å². The number of methoxy groups -OCH3 is 1. The van der Waals surface area contributed by atoms with Crippen LogP contribution in [0.3, 0.4) is 0 Å². The predicted octanol–water partition coefficient (Wildman–Crippen LogP) is 3.65. The fourth-order valence-corrected chi connectivity index (χ4v) is 3.37. The minimum Gasteiger partial charge on any atom is -0.493 e. The second-order valence-corrected chi connectivity index (χ2v) is 9.49. The van der Waals surface area contributed by atoms with Crippen molar-refractivity contribution in [2.45, 2.75) is 45.4 Å². The molecule has 2 aromatic carbocycles. The van der Waals surface area contributed by atoms with E-state index in [0.29, 0.717) is 29.7 Å². The second-order valence-electron chi connectivity index (χ2n) is 8.23. The fraction of sp³-hybridized carbons (Fsp3) is 0.435. The van der Waals surface area contributed by atoms with Gasteiger partial charge in [-0.15, -0.1) is 0 Å². The molecule has 0 heterocycles. The standard InChI is InChI=1S/C23H31BrN2O4S/c1-23(2,3)17-7-5-15(6-8-17)11-25-22(31)26-12-16-9-20(29-4)21(10-19(16)24)30-14-18(28)13-27/h5-10,18,27-28H,11-14H2,1-4H3,(H2,25,26,31). The predicted molar refractivity (Wildman–Crippen MR) is 131 cm³/mol. The third kappa shape index (κ3) is 7.96. The monoisotopic (exact) mass is 510 g/mol. The van der Waals surface area contributed by atoms with Crippen LogP contribution in [0, 0.1) is 0 Å². The molecule has 170 valence electrons. The lowest BCUT2D eigenvalue weighted by Gasteiger charge is -2.19. The Balaban J connectivity index is 1.90. The highest BCUT2D eigenvalue weighted by Crippen LogP contribution is 2.33. The summed E-state index contributed by atoms with van der Waals surface area (Å²) in [6.07, 6.45) is -0.946. The Morgan fingerprint density at radius 3 is 2.32 bits per heavy atom. The van der Waals surface area contributed by atoms with Gasteiger partial charge < -0.3 is 30.3 Å². The summed E-state index contributed by atoms with van der Waals surface area (Å²) in [5.41, 5.74) is 3.53. The molecule has 1 unspecified atom stereocenters. The molecule has 0 aliphatic rings. The van der Waals surface area contributed by atoms with Crippen LogP contribution in [0.2, 0.25) is 0 Å². The molecule has 0 aliphatic carbocycles. The van der Waals surface area contributed by atoms with Gasteiger partial charge in [0.1, 0.15) is 12.7 Å². The van der Waals surface area contributed by atoms with E-state index in [9.17, 15) is 5.11 Å². The summed E-state index contributed by atoms with van der Waals surface area (Å²) < 4.78 is 11.7. The van der Waals surface area contributed by atoms with Crippen LogP contribution in [0.5, 0.6) is 11.5 Å². The number of halogens is 1. The summed E-state index contributed by atoms with van der Waals surface area (Å²) in [6.45, 7) is 7.33. The third-order valence-corrected chi connectivity index (χ3v) is 5.71. The Bertz CT molecular complexity index is 869. The topological polar surface area (TPSA) is 83.0 Å². The first-order chi connectivity index (χ1) is 14.6. The van der Waals surface area contributed by atoms with Crippen molar-refractivity contribution in [1.82, 2.24) is 10.6 Å². The lowest BCUT2D eigenvalue weighted by atomic mass is 9.87. The van der Waals surface area contributed by atoms with Crippen LogP contribution < -0.4 is 20.1 Å². The van der Waals surface area contributed by atoms with Gasteiger partial charge in [0, 0.05) is 17.6 Å². The van der Waals surface area contributed by atoms with Crippen LogP contribution in [-0.4, -0.2) is 41.8 Å². The van der Waals surface area contributed by atoms with Gasteiger partial charge in [-0.3, -0.25) is 0 Å². The molecule has 0 fully saturated rings. The van der Waals surface area contributed by atoms with Gasteiger partial charge >= 0.3 is 0 Å². The van der Waals surface area contributed by atoms with E-state index in [-0.39, 0.29) is 18.6 Å². The molecule has 2 rings (SSSR count). The molecule has 0 aliphatic heterocycles. The van der Waals surface area contributed by atoms with E-state index in [1.807, 2.05) is 6.07 Å². The lowest BCUT2D eigenvalue weighted by molar-refractivity contribution is 0.0527. The second kappa shape index (κ2) is 11.7. The average Bonchev–Trinajstić information content (AvgIpc) is 2.74. The van der Waals surface area contributed by atoms with Gasteiger partial charge in [-0.2, -0.15) is 0 Å². The molecule has 1 atom stereocenters. The molecule has 8 heteroatoms. The fourth-order valence-electron chi connectivity index (χ4n) is 2.77. The van der Waals surface area contributed by atoms with E-state index >= 15 is 0 Å². The summed E-state index contributed by atoms with van der Waals surface area (Å²) in [5.74, 6) is 1.01. The molecule has 2 aromatic rings. The van der Waals surface area contributed by atoms with Crippen LogP contribution >= 0.6 is 28.1 Å². The molecular formula is C23H31BrN2O4S. The van der Waals surface area contributed by atoms with Gasteiger partial charge in [-0.25, -0.2) is 0 Å². The van der Waals surface area contributed by atoms with E-state index in [2.05, 4.69) is 71.6 Å². The summed E-state index contributed by atoms with van der Waals surface area (Å²) in [5, 5.41) is 25.4. The Hall–Kier alpha value is -1.87. The lowest BCUT2D eigenvalue weighted by Crippen LogP contribution is -2.34. The number of aliphatic hydroxyl groups excluding tert-OH is 2. The first-order valence-electron chi connectivity index (χ1n) is 10.0. The smallest absolute Gasteiger partial charge is 0.166 e. The first-order valence-corrected chi connectivity index (χ1v) is 11.2. The summed E-state index contributed by atoms with van der Waals surface area (Å²) in [4.78, 5) is 0. The number of ether oxygens (including phenoxy) is 2. The van der Waals surface area contributed by atoms with Gasteiger partial charge in [0.25, 0.3) is 0 Å². The van der Waals surface area contributed by atoms with E-state index in [4.69, 9.17) is 26.8 Å². The van der Waals surface area contributed by atoms with Crippen molar-refractivity contribution >= 4 is 33.3 Å². The molecule has 0 bridgehead atoms. The van der Waals surface area contributed by atoms with Crippen molar-refractivity contribution in [3.63, 3.8) is 0 Å². The Kier molecular flexibility index (Phi) is 9.55. The van der Waals surface area contributed by atoms with Crippen LogP contribution in [0.4, 0.5) is 0 Å². The highest BCUT2D eigenvalue weighted by atomic mass is 79.9. The highest BCUT2D eigenvalue weighted by molar-refractivity contribution is 9.10. The molecule has 6 nitrogen and oxygen atoms in total. The van der Waals surface area contributed by atoms with E-state index in [0.717, 1.165) is 15.6 Å². The zero-order valence-corrected chi connectivity index (χ0v) is 20.8. The Labute approximate surface area is 198 Å². The zero-order valence-electron chi connectivity index (χ0n) is 18.4. The number of hydrogen-bond donors (Lipinski definition) is 4. The molecule has 31 heavy (non-hydrogen) atoms. The maximum atomic E-state index is 9.48. The quantitative estimate of drug-likeness (QED) is 0.383. The Morgan fingerprint density at radius 2 is 1.74 bits per heavy atom.